The number of hydrogen-bond donors (Lipinski definition) is 1. The molecule has 0 spiro atoms. The molecular formula is C29H55Cl2NOsP2. The first-order chi connectivity index (χ1) is 15.9. The zero-order valence-electron chi connectivity index (χ0n) is 24.9. The number of rotatable bonds is 7. The Morgan fingerprint density at radius 3 is 1.11 bits per heavy atom. The van der Waals surface area contributed by atoms with Crippen molar-refractivity contribution in [2.24, 2.45) is 0 Å². The zero-order chi connectivity index (χ0) is 28.3. The van der Waals surface area contributed by atoms with Crippen LogP contribution in [0.4, 0.5) is 0 Å². The number of halogens is 2. The van der Waals surface area contributed by atoms with Crippen LogP contribution in [0.2, 0.25) is 0 Å². The van der Waals surface area contributed by atoms with Gasteiger partial charge in [0.15, 0.2) is 0 Å². The molecule has 1 N–H and O–H groups in total. The first kappa shape index (κ1) is 40.1. The molecule has 0 amide bonds. The Balaban J connectivity index is -0.000000408. The van der Waals surface area contributed by atoms with E-state index in [0.29, 0.717) is 5.71 Å². The summed E-state index contributed by atoms with van der Waals surface area (Å²) in [5.41, 5.74) is 7.15. The number of benzene rings is 1. The van der Waals surface area contributed by atoms with Gasteiger partial charge in [-0.15, -0.1) is 0 Å². The van der Waals surface area contributed by atoms with Crippen LogP contribution in [0, 0.1) is 5.41 Å². The van der Waals surface area contributed by atoms with E-state index in [1.54, 1.807) is 13.8 Å². The first-order valence-electron chi connectivity index (χ1n) is 12.7. The van der Waals surface area contributed by atoms with E-state index in [1.165, 1.54) is 0 Å². The molecule has 0 unspecified atom stereocenters. The molecule has 0 saturated carbocycles. The van der Waals surface area contributed by atoms with Crippen LogP contribution in [0.5, 0.6) is 0 Å². The second-order valence-electron chi connectivity index (χ2n) is 10.3. The first-order valence-corrected chi connectivity index (χ1v) is 23.3. The second kappa shape index (κ2) is 23.7. The van der Waals surface area contributed by atoms with Crippen LogP contribution in [0.1, 0.15) is 102 Å². The van der Waals surface area contributed by atoms with Gasteiger partial charge in [0.1, 0.15) is 0 Å². The van der Waals surface area contributed by atoms with E-state index < -0.39 is 13.8 Å². The Bertz CT molecular complexity index is 641. The van der Waals surface area contributed by atoms with E-state index in [2.05, 4.69) is 87.3 Å². The van der Waals surface area contributed by atoms with Crippen LogP contribution in [0.25, 0.3) is 6.08 Å². The Labute approximate surface area is 235 Å². The topological polar surface area (TPSA) is 23.9 Å². The molecule has 0 heterocycles. The fraction of sp³-hybridized carbons (Fsp3) is 0.690. The van der Waals surface area contributed by atoms with Crippen molar-refractivity contribution >= 4 is 51.1 Å². The third-order valence-electron chi connectivity index (χ3n) is 4.67. The molecule has 0 atom stereocenters. The predicted molar refractivity (Wildman–Crippen MR) is 171 cm³/mol. The van der Waals surface area contributed by atoms with Crippen molar-refractivity contribution in [2.75, 3.05) is 0 Å². The third-order valence-corrected chi connectivity index (χ3v) is 14.0. The Morgan fingerprint density at radius 2 is 0.943 bits per heavy atom. The molecule has 0 radical (unpaired) electrons. The van der Waals surface area contributed by atoms with Gasteiger partial charge in [-0.25, -0.2) is 0 Å². The van der Waals surface area contributed by atoms with Crippen LogP contribution in [-0.2, 0) is 13.8 Å². The molecule has 0 saturated heterocycles. The van der Waals surface area contributed by atoms with Gasteiger partial charge >= 0.3 is 79.2 Å². The summed E-state index contributed by atoms with van der Waals surface area (Å²) >= 11 is -2.01. The average molecular weight is 741 g/mol. The summed E-state index contributed by atoms with van der Waals surface area (Å²) < 4.78 is 2.94. The van der Waals surface area contributed by atoms with Gasteiger partial charge in [-0.05, 0) is 47.8 Å². The fourth-order valence-electron chi connectivity index (χ4n) is 4.22. The molecule has 6 heteroatoms. The maximum atomic E-state index is 6.50. The van der Waals surface area contributed by atoms with Gasteiger partial charge in [0.05, 0.1) is 0 Å². The summed E-state index contributed by atoms with van der Waals surface area (Å²) in [6, 6.07) is 9.89. The van der Waals surface area contributed by atoms with E-state index in [4.69, 9.17) is 24.7 Å². The van der Waals surface area contributed by atoms with Crippen LogP contribution in [0.3, 0.4) is 0 Å². The van der Waals surface area contributed by atoms with E-state index in [-0.39, 0.29) is 15.8 Å². The average Bonchev–Trinajstić information content (AvgIpc) is 2.65. The second-order valence-corrected chi connectivity index (χ2v) is 25.8. The quantitative estimate of drug-likeness (QED) is 0.213. The van der Waals surface area contributed by atoms with E-state index in [1.807, 2.05) is 36.4 Å². The molecular weight excluding hydrogens is 685 g/mol. The Hall–Kier alpha value is 0.616. The summed E-state index contributed by atoms with van der Waals surface area (Å²) in [4.78, 5) is 0. The summed E-state index contributed by atoms with van der Waals surface area (Å²) in [5, 5.41) is 6.50. The molecule has 1 aromatic carbocycles. The van der Waals surface area contributed by atoms with Gasteiger partial charge in [0.2, 0.25) is 0 Å². The zero-order valence-corrected chi connectivity index (χ0v) is 30.8. The predicted octanol–water partition coefficient (Wildman–Crippen LogP) is 11.5. The summed E-state index contributed by atoms with van der Waals surface area (Å²) in [6.45, 7) is 31.7. The summed E-state index contributed by atoms with van der Waals surface area (Å²) in [7, 11) is 11.8. The third kappa shape index (κ3) is 26.0. The van der Waals surface area contributed by atoms with Gasteiger partial charge < -0.3 is 5.41 Å². The van der Waals surface area contributed by atoms with Gasteiger partial charge in [0.25, 0.3) is 0 Å². The molecule has 1 nitrogen and oxygen atoms in total. The van der Waals surface area contributed by atoms with Crippen molar-refractivity contribution in [3.05, 3.63) is 35.9 Å². The molecule has 0 aliphatic carbocycles. The Kier molecular flexibility index (Phi) is 27.2. The van der Waals surface area contributed by atoms with E-state index >= 15 is 0 Å². The molecule has 1 rings (SSSR count). The molecule has 35 heavy (non-hydrogen) atoms. The van der Waals surface area contributed by atoms with Crippen molar-refractivity contribution in [3.8, 4) is 0 Å². The molecule has 0 aliphatic rings. The normalized spacial score (nSPS) is 11.1. The van der Waals surface area contributed by atoms with Crippen LogP contribution < -0.4 is 0 Å². The molecule has 0 aromatic heterocycles. The van der Waals surface area contributed by atoms with Gasteiger partial charge in [-0.1, -0.05) is 98.9 Å². The minimum absolute atomic E-state index is 0.262. The van der Waals surface area contributed by atoms with Gasteiger partial charge in [0, 0.05) is 5.71 Å². The minimum atomic E-state index is -2.01. The van der Waals surface area contributed by atoms with Gasteiger partial charge in [-0.3, -0.25) is 0 Å². The molecule has 0 fully saturated rings. The maximum absolute atomic E-state index is 6.50. The standard InChI is InChI=1S/2C9H21P.C8H6.C3H7N.2ClH.Os/c2*1-7(2)10(8(3)4)9(5)6;1-2-8-6-4-3-5-7-8;1-3(2)4;;;/h2*7-9H,1-6H3;2-7H;4H,1-2H3;2*1H;/q;;;;;;+2/p-2. The molecule has 0 aliphatic heterocycles. The van der Waals surface area contributed by atoms with Crippen LogP contribution in [-0.4, -0.2) is 43.9 Å². The summed E-state index contributed by atoms with van der Waals surface area (Å²) in [5.74, 6) is 0. The van der Waals surface area contributed by atoms with Crippen molar-refractivity contribution in [3.63, 3.8) is 0 Å². The van der Waals surface area contributed by atoms with Crippen molar-refractivity contribution in [1.82, 2.24) is 0 Å². The molecule has 0 bridgehead atoms. The number of nitrogens with one attached hydrogen (secondary N) is 1. The fourth-order valence-corrected chi connectivity index (χ4v) is 12.7. The molecule has 208 valence electrons. The Morgan fingerprint density at radius 1 is 0.686 bits per heavy atom. The monoisotopic (exact) mass is 741 g/mol. The van der Waals surface area contributed by atoms with Crippen molar-refractivity contribution in [1.29, 1.82) is 5.41 Å². The van der Waals surface area contributed by atoms with E-state index in [9.17, 15) is 0 Å². The van der Waals surface area contributed by atoms with Crippen LogP contribution >= 0.6 is 35.1 Å². The summed E-state index contributed by atoms with van der Waals surface area (Å²) in [6.07, 6.45) is 1.85. The van der Waals surface area contributed by atoms with Crippen molar-refractivity contribution < 1.29 is 13.8 Å². The van der Waals surface area contributed by atoms with Gasteiger partial charge in [-0.2, -0.15) is 0 Å². The molecule has 1 aromatic rings. The SMILES string of the molecule is CC(C)=N.CC(C)P(C(C)C)C(C)C.CC(C)P(C(C)C)C(C)C.[Cl][Os]([Cl])=[C]=Cc1ccccc1. The number of hydrogen-bond acceptors (Lipinski definition) is 1. The van der Waals surface area contributed by atoms with Crippen LogP contribution in [0.15, 0.2) is 30.3 Å². The van der Waals surface area contributed by atoms with Crippen molar-refractivity contribution in [2.45, 2.75) is 131 Å². The van der Waals surface area contributed by atoms with E-state index in [0.717, 1.165) is 39.5 Å².